The molecular formula is C19H16BrN3O4. The number of halogens is 1. The molecule has 0 saturated carbocycles. The highest BCUT2D eigenvalue weighted by atomic mass is 79.9. The monoisotopic (exact) mass is 429 g/mol. The van der Waals surface area contributed by atoms with E-state index in [1.54, 1.807) is 6.07 Å². The van der Waals surface area contributed by atoms with Crippen LogP contribution in [0.25, 0.3) is 10.9 Å². The number of aromatic nitrogens is 1. The number of phenolic OH excluding ortho intramolecular Hbond substituents is 3. The molecule has 1 amide bonds. The number of nitrogens with zero attached hydrogens (tertiary/aromatic N) is 2. The van der Waals surface area contributed by atoms with Crippen molar-refractivity contribution in [2.75, 3.05) is 0 Å². The Morgan fingerprint density at radius 2 is 1.96 bits per heavy atom. The van der Waals surface area contributed by atoms with Crippen molar-refractivity contribution < 1.29 is 20.1 Å². The molecule has 0 fully saturated rings. The first-order chi connectivity index (χ1) is 12.9. The van der Waals surface area contributed by atoms with Crippen LogP contribution in [0.5, 0.6) is 17.2 Å². The van der Waals surface area contributed by atoms with Crippen LogP contribution in [0, 0.1) is 6.92 Å². The fourth-order valence-corrected chi connectivity index (χ4v) is 2.96. The average Bonchev–Trinajstić information content (AvgIpc) is 2.64. The first-order valence-corrected chi connectivity index (χ1v) is 8.77. The number of hydrazone groups is 1. The van der Waals surface area contributed by atoms with Gasteiger partial charge in [-0.2, -0.15) is 5.10 Å². The van der Waals surface area contributed by atoms with E-state index < -0.39 is 23.2 Å². The Labute approximate surface area is 163 Å². The number of aryl methyl sites for hydroxylation is 1. The molecule has 0 aliphatic rings. The van der Waals surface area contributed by atoms with Crippen LogP contribution in [0.4, 0.5) is 0 Å². The Hall–Kier alpha value is -3.13. The van der Waals surface area contributed by atoms with Gasteiger partial charge in [-0.3, -0.25) is 9.78 Å². The summed E-state index contributed by atoms with van der Waals surface area (Å²) in [5.74, 6) is -1.81. The van der Waals surface area contributed by atoms with Crippen molar-refractivity contribution in [2.24, 2.45) is 5.10 Å². The molecule has 4 N–H and O–H groups in total. The summed E-state index contributed by atoms with van der Waals surface area (Å²) in [6, 6.07) is 9.90. The van der Waals surface area contributed by atoms with Gasteiger partial charge in [-0.1, -0.05) is 22.0 Å². The van der Waals surface area contributed by atoms with E-state index in [0.717, 1.165) is 4.47 Å². The lowest BCUT2D eigenvalue weighted by atomic mass is 10.1. The molecule has 0 saturated heterocycles. The molecule has 1 heterocycles. The molecule has 27 heavy (non-hydrogen) atoms. The molecule has 0 spiro atoms. The van der Waals surface area contributed by atoms with E-state index in [0.29, 0.717) is 27.7 Å². The maximum atomic E-state index is 12.5. The number of phenols is 3. The van der Waals surface area contributed by atoms with E-state index in [4.69, 9.17) is 0 Å². The van der Waals surface area contributed by atoms with Gasteiger partial charge in [0.2, 0.25) is 5.75 Å². The summed E-state index contributed by atoms with van der Waals surface area (Å²) in [6.07, 6.45) is 1.54. The number of fused-ring (bicyclic) bond motifs is 1. The fraction of sp³-hybridized carbons (Fsp3) is 0.105. The van der Waals surface area contributed by atoms with Gasteiger partial charge < -0.3 is 15.3 Å². The number of carbonyl (C=O) groups is 1. The van der Waals surface area contributed by atoms with E-state index in [9.17, 15) is 20.1 Å². The maximum Gasteiger partial charge on any atom is 0.272 e. The highest BCUT2D eigenvalue weighted by Crippen LogP contribution is 2.36. The van der Waals surface area contributed by atoms with E-state index in [2.05, 4.69) is 31.4 Å². The molecule has 7 nitrogen and oxygen atoms in total. The molecule has 0 bridgehead atoms. The Bertz CT molecular complexity index is 1070. The van der Waals surface area contributed by atoms with E-state index in [1.165, 1.54) is 18.3 Å². The molecule has 2 aromatic carbocycles. The van der Waals surface area contributed by atoms with Gasteiger partial charge in [0.25, 0.3) is 5.91 Å². The zero-order chi connectivity index (χ0) is 19.6. The SMILES string of the molecule is Cc1cc(C(=O)NN=CCc2ccc(O)c(O)c2O)c2cc(Br)ccc2n1. The first kappa shape index (κ1) is 18.7. The Morgan fingerprint density at radius 1 is 1.19 bits per heavy atom. The van der Waals surface area contributed by atoms with Crippen LogP contribution in [-0.4, -0.2) is 32.4 Å². The van der Waals surface area contributed by atoms with Crippen LogP contribution < -0.4 is 5.43 Å². The molecule has 3 aromatic rings. The lowest BCUT2D eigenvalue weighted by molar-refractivity contribution is 0.0956. The number of rotatable bonds is 4. The van der Waals surface area contributed by atoms with E-state index in [-0.39, 0.29) is 6.42 Å². The fourth-order valence-electron chi connectivity index (χ4n) is 2.60. The van der Waals surface area contributed by atoms with Crippen LogP contribution in [0.2, 0.25) is 0 Å². The normalized spacial score (nSPS) is 11.2. The predicted octanol–water partition coefficient (Wildman–Crippen LogP) is 3.38. The minimum atomic E-state index is -0.589. The van der Waals surface area contributed by atoms with Gasteiger partial charge in [0.15, 0.2) is 11.5 Å². The molecular weight excluding hydrogens is 414 g/mol. The van der Waals surface area contributed by atoms with Crippen LogP contribution in [0.1, 0.15) is 21.6 Å². The predicted molar refractivity (Wildman–Crippen MR) is 105 cm³/mol. The number of aromatic hydroxyl groups is 3. The summed E-state index contributed by atoms with van der Waals surface area (Å²) < 4.78 is 0.834. The average molecular weight is 430 g/mol. The van der Waals surface area contributed by atoms with Crippen molar-refractivity contribution in [2.45, 2.75) is 13.3 Å². The van der Waals surface area contributed by atoms with Gasteiger partial charge in [-0.25, -0.2) is 5.43 Å². The lowest BCUT2D eigenvalue weighted by Gasteiger charge is -2.07. The second-order valence-corrected chi connectivity index (χ2v) is 6.79. The third-order valence-corrected chi connectivity index (χ3v) is 4.42. The number of amides is 1. The van der Waals surface area contributed by atoms with Crippen LogP contribution >= 0.6 is 15.9 Å². The van der Waals surface area contributed by atoms with Gasteiger partial charge in [0.05, 0.1) is 11.1 Å². The summed E-state index contributed by atoms with van der Waals surface area (Å²) in [5, 5.41) is 33.2. The largest absolute Gasteiger partial charge is 0.504 e. The lowest BCUT2D eigenvalue weighted by Crippen LogP contribution is -2.18. The minimum Gasteiger partial charge on any atom is -0.504 e. The third-order valence-electron chi connectivity index (χ3n) is 3.93. The third kappa shape index (κ3) is 4.01. The standard InChI is InChI=1S/C19H16BrN3O4/c1-10-8-14(13-9-12(20)3-4-15(13)22-10)19(27)23-21-7-6-11-2-5-16(24)18(26)17(11)25/h2-5,7-9,24-26H,6H2,1H3,(H,23,27). The number of carbonyl (C=O) groups excluding carboxylic acids is 1. The van der Waals surface area contributed by atoms with Crippen molar-refractivity contribution in [1.82, 2.24) is 10.4 Å². The molecule has 8 heteroatoms. The quantitative estimate of drug-likeness (QED) is 0.288. The molecule has 3 rings (SSSR count). The zero-order valence-corrected chi connectivity index (χ0v) is 15.9. The van der Waals surface area contributed by atoms with Crippen molar-refractivity contribution in [3.05, 3.63) is 57.7 Å². The van der Waals surface area contributed by atoms with E-state index >= 15 is 0 Å². The minimum absolute atomic E-state index is 0.154. The van der Waals surface area contributed by atoms with Crippen LogP contribution in [0.15, 0.2) is 46.0 Å². The number of hydrogen-bond acceptors (Lipinski definition) is 6. The Morgan fingerprint density at radius 3 is 2.74 bits per heavy atom. The molecule has 1 aromatic heterocycles. The highest BCUT2D eigenvalue weighted by Gasteiger charge is 2.12. The second kappa shape index (κ2) is 7.63. The van der Waals surface area contributed by atoms with Gasteiger partial charge in [0.1, 0.15) is 0 Å². The number of pyridine rings is 1. The summed E-state index contributed by atoms with van der Waals surface area (Å²) in [6.45, 7) is 1.81. The number of nitrogens with one attached hydrogen (secondary N) is 1. The van der Waals surface area contributed by atoms with Gasteiger partial charge in [0, 0.05) is 33.8 Å². The van der Waals surface area contributed by atoms with Crippen LogP contribution in [-0.2, 0) is 6.42 Å². The number of benzene rings is 2. The van der Waals surface area contributed by atoms with Gasteiger partial charge >= 0.3 is 0 Å². The molecule has 0 aliphatic carbocycles. The Balaban J connectivity index is 1.77. The molecule has 0 unspecified atom stereocenters. The Kier molecular flexibility index (Phi) is 5.27. The second-order valence-electron chi connectivity index (χ2n) is 5.87. The highest BCUT2D eigenvalue weighted by molar-refractivity contribution is 9.10. The topological polar surface area (TPSA) is 115 Å². The van der Waals surface area contributed by atoms with Crippen molar-refractivity contribution in [1.29, 1.82) is 0 Å². The summed E-state index contributed by atoms with van der Waals surface area (Å²) >= 11 is 3.39. The molecule has 138 valence electrons. The summed E-state index contributed by atoms with van der Waals surface area (Å²) in [4.78, 5) is 16.9. The van der Waals surface area contributed by atoms with Crippen molar-refractivity contribution in [3.8, 4) is 17.2 Å². The molecule has 0 atom stereocenters. The molecule has 0 aliphatic heterocycles. The first-order valence-electron chi connectivity index (χ1n) is 7.98. The zero-order valence-electron chi connectivity index (χ0n) is 14.3. The number of hydrogen-bond donors (Lipinski definition) is 4. The van der Waals surface area contributed by atoms with Crippen LogP contribution in [0.3, 0.4) is 0 Å². The maximum absolute atomic E-state index is 12.5. The van der Waals surface area contributed by atoms with Crippen molar-refractivity contribution in [3.63, 3.8) is 0 Å². The smallest absolute Gasteiger partial charge is 0.272 e. The summed E-state index contributed by atoms with van der Waals surface area (Å²) in [5.41, 5.74) is 4.67. The summed E-state index contributed by atoms with van der Waals surface area (Å²) in [7, 11) is 0. The van der Waals surface area contributed by atoms with E-state index in [1.807, 2.05) is 25.1 Å². The molecule has 0 radical (unpaired) electrons. The van der Waals surface area contributed by atoms with Gasteiger partial charge in [-0.05, 0) is 37.3 Å². The van der Waals surface area contributed by atoms with Gasteiger partial charge in [-0.15, -0.1) is 0 Å². The van der Waals surface area contributed by atoms with Crippen molar-refractivity contribution >= 4 is 39.0 Å².